The Bertz CT molecular complexity index is 748. The fourth-order valence-corrected chi connectivity index (χ4v) is 2.02. The second-order valence-electron chi connectivity index (χ2n) is 4.35. The van der Waals surface area contributed by atoms with E-state index in [9.17, 15) is 18.4 Å². The number of halogens is 4. The second-order valence-corrected chi connectivity index (χ2v) is 5.19. The Morgan fingerprint density at radius 1 is 1.09 bits per heavy atom. The molecule has 2 aromatic carbocycles. The standard InChI is InChI=1S/C15H9Cl2F2NO3/c16-8-4-5-10(17)9(6-8)15(22)23-7-13(21)20-14-11(18)2-1-3-12(14)19/h1-6H,7H2,(H,20,21). The van der Waals surface area contributed by atoms with Crippen LogP contribution in [0.1, 0.15) is 10.4 Å². The minimum Gasteiger partial charge on any atom is -0.452 e. The zero-order valence-electron chi connectivity index (χ0n) is 11.4. The second kappa shape index (κ2) is 7.39. The van der Waals surface area contributed by atoms with Crippen molar-refractivity contribution in [3.63, 3.8) is 0 Å². The number of ether oxygens (including phenoxy) is 1. The summed E-state index contributed by atoms with van der Waals surface area (Å²) in [6.07, 6.45) is 0. The molecule has 0 radical (unpaired) electrons. The molecule has 0 saturated heterocycles. The summed E-state index contributed by atoms with van der Waals surface area (Å²) in [4.78, 5) is 23.4. The molecule has 0 fully saturated rings. The van der Waals surface area contributed by atoms with E-state index in [0.717, 1.165) is 18.2 Å². The zero-order valence-corrected chi connectivity index (χ0v) is 12.9. The van der Waals surface area contributed by atoms with Crippen molar-refractivity contribution in [3.05, 3.63) is 63.6 Å². The third kappa shape index (κ3) is 4.40. The highest BCUT2D eigenvalue weighted by atomic mass is 35.5. The molecule has 120 valence electrons. The highest BCUT2D eigenvalue weighted by molar-refractivity contribution is 6.35. The van der Waals surface area contributed by atoms with Crippen LogP contribution in [-0.4, -0.2) is 18.5 Å². The molecule has 0 aliphatic carbocycles. The summed E-state index contributed by atoms with van der Waals surface area (Å²) in [6, 6.07) is 7.28. The first-order valence-electron chi connectivity index (χ1n) is 6.24. The molecule has 4 nitrogen and oxygen atoms in total. The lowest BCUT2D eigenvalue weighted by Crippen LogP contribution is -2.22. The number of para-hydroxylation sites is 1. The normalized spacial score (nSPS) is 10.3. The predicted octanol–water partition coefficient (Wildman–Crippen LogP) is 4.07. The van der Waals surface area contributed by atoms with Gasteiger partial charge < -0.3 is 10.1 Å². The van der Waals surface area contributed by atoms with Gasteiger partial charge in [0.15, 0.2) is 6.61 Å². The van der Waals surface area contributed by atoms with Crippen molar-refractivity contribution in [1.29, 1.82) is 0 Å². The van der Waals surface area contributed by atoms with Crippen molar-refractivity contribution >= 4 is 40.8 Å². The molecule has 0 aliphatic rings. The molecule has 23 heavy (non-hydrogen) atoms. The van der Waals surface area contributed by atoms with Crippen molar-refractivity contribution in [3.8, 4) is 0 Å². The van der Waals surface area contributed by atoms with Crippen molar-refractivity contribution in [2.45, 2.75) is 0 Å². The number of esters is 1. The minimum atomic E-state index is -0.942. The van der Waals surface area contributed by atoms with E-state index in [-0.39, 0.29) is 15.6 Å². The van der Waals surface area contributed by atoms with E-state index in [1.807, 2.05) is 5.32 Å². The number of anilines is 1. The number of rotatable bonds is 4. The van der Waals surface area contributed by atoms with Crippen LogP contribution < -0.4 is 5.32 Å². The Kier molecular flexibility index (Phi) is 5.52. The monoisotopic (exact) mass is 359 g/mol. The van der Waals surface area contributed by atoms with Crippen molar-refractivity contribution in [2.24, 2.45) is 0 Å². The van der Waals surface area contributed by atoms with E-state index >= 15 is 0 Å². The lowest BCUT2D eigenvalue weighted by molar-refractivity contribution is -0.119. The number of nitrogens with one attached hydrogen (secondary N) is 1. The van der Waals surface area contributed by atoms with Gasteiger partial charge in [-0.3, -0.25) is 4.79 Å². The molecule has 0 spiro atoms. The van der Waals surface area contributed by atoms with Crippen LogP contribution in [0.3, 0.4) is 0 Å². The Labute approximate surface area is 140 Å². The fourth-order valence-electron chi connectivity index (χ4n) is 1.66. The first-order chi connectivity index (χ1) is 10.9. The molecule has 0 aromatic heterocycles. The van der Waals surface area contributed by atoms with Crippen LogP contribution in [0.4, 0.5) is 14.5 Å². The summed E-state index contributed by atoms with van der Waals surface area (Å²) in [7, 11) is 0. The lowest BCUT2D eigenvalue weighted by atomic mass is 10.2. The van der Waals surface area contributed by atoms with Gasteiger partial charge in [-0.2, -0.15) is 0 Å². The van der Waals surface area contributed by atoms with Gasteiger partial charge in [-0.05, 0) is 30.3 Å². The first kappa shape index (κ1) is 17.2. The van der Waals surface area contributed by atoms with Gasteiger partial charge in [-0.1, -0.05) is 29.3 Å². The molecular weight excluding hydrogens is 351 g/mol. The zero-order chi connectivity index (χ0) is 17.0. The van der Waals surface area contributed by atoms with E-state index in [4.69, 9.17) is 27.9 Å². The van der Waals surface area contributed by atoms with E-state index in [1.54, 1.807) is 0 Å². The highest BCUT2D eigenvalue weighted by Gasteiger charge is 2.16. The molecule has 0 atom stereocenters. The van der Waals surface area contributed by atoms with Crippen molar-refractivity contribution in [1.82, 2.24) is 0 Å². The number of amides is 1. The Balaban J connectivity index is 1.99. The van der Waals surface area contributed by atoms with Gasteiger partial charge in [0.1, 0.15) is 17.3 Å². The lowest BCUT2D eigenvalue weighted by Gasteiger charge is -2.09. The molecule has 8 heteroatoms. The largest absolute Gasteiger partial charge is 0.452 e. The SMILES string of the molecule is O=C(COC(=O)c1cc(Cl)ccc1Cl)Nc1c(F)cccc1F. The molecule has 2 aromatic rings. The van der Waals surface area contributed by atoms with Gasteiger partial charge in [0.2, 0.25) is 0 Å². The number of hydrogen-bond donors (Lipinski definition) is 1. The Hall–Kier alpha value is -2.18. The summed E-state index contributed by atoms with van der Waals surface area (Å²) in [5.74, 6) is -3.67. The van der Waals surface area contributed by atoms with Gasteiger partial charge in [-0.25, -0.2) is 13.6 Å². The maximum absolute atomic E-state index is 13.4. The van der Waals surface area contributed by atoms with Gasteiger partial charge >= 0.3 is 5.97 Å². The predicted molar refractivity (Wildman–Crippen MR) is 81.7 cm³/mol. The minimum absolute atomic E-state index is 0.0240. The average Bonchev–Trinajstić information content (AvgIpc) is 2.51. The molecule has 1 amide bonds. The summed E-state index contributed by atoms with van der Waals surface area (Å²) in [5.41, 5.74) is -0.640. The third-order valence-corrected chi connectivity index (χ3v) is 3.27. The number of carbonyl (C=O) groups is 2. The van der Waals surface area contributed by atoms with Crippen LogP contribution in [0.25, 0.3) is 0 Å². The van der Waals surface area contributed by atoms with Crippen LogP contribution >= 0.6 is 23.2 Å². The van der Waals surface area contributed by atoms with Crippen molar-refractivity contribution in [2.75, 3.05) is 11.9 Å². The number of carbonyl (C=O) groups excluding carboxylic acids is 2. The maximum atomic E-state index is 13.4. The Morgan fingerprint density at radius 2 is 1.74 bits per heavy atom. The maximum Gasteiger partial charge on any atom is 0.340 e. The van der Waals surface area contributed by atoms with Crippen LogP contribution in [0.2, 0.25) is 10.0 Å². The number of hydrogen-bond acceptors (Lipinski definition) is 3. The summed E-state index contributed by atoms with van der Waals surface area (Å²) in [6.45, 7) is -0.741. The molecule has 1 N–H and O–H groups in total. The van der Waals surface area contributed by atoms with Gasteiger partial charge in [0, 0.05) is 5.02 Å². The van der Waals surface area contributed by atoms with E-state index < -0.39 is 35.8 Å². The summed E-state index contributed by atoms with van der Waals surface area (Å²) in [5, 5.41) is 2.35. The summed E-state index contributed by atoms with van der Waals surface area (Å²) < 4.78 is 31.5. The molecule has 0 saturated carbocycles. The van der Waals surface area contributed by atoms with Crippen LogP contribution in [0.15, 0.2) is 36.4 Å². The molecule has 0 heterocycles. The van der Waals surface area contributed by atoms with Gasteiger partial charge in [-0.15, -0.1) is 0 Å². The van der Waals surface area contributed by atoms with Crippen LogP contribution in [0.5, 0.6) is 0 Å². The smallest absolute Gasteiger partial charge is 0.340 e. The van der Waals surface area contributed by atoms with Gasteiger partial charge in [0.05, 0.1) is 10.6 Å². The molecule has 0 aliphatic heterocycles. The molecule has 2 rings (SSSR count). The average molecular weight is 360 g/mol. The Morgan fingerprint density at radius 3 is 2.39 bits per heavy atom. The molecular formula is C15H9Cl2F2NO3. The quantitative estimate of drug-likeness (QED) is 0.837. The van der Waals surface area contributed by atoms with Gasteiger partial charge in [0.25, 0.3) is 5.91 Å². The molecule has 0 unspecified atom stereocenters. The van der Waals surface area contributed by atoms with Crippen LogP contribution in [0, 0.1) is 11.6 Å². The topological polar surface area (TPSA) is 55.4 Å². The fraction of sp³-hybridized carbons (Fsp3) is 0.0667. The molecule has 0 bridgehead atoms. The highest BCUT2D eigenvalue weighted by Crippen LogP contribution is 2.21. The first-order valence-corrected chi connectivity index (χ1v) is 7.00. The number of benzene rings is 2. The van der Waals surface area contributed by atoms with E-state index in [2.05, 4.69) is 0 Å². The van der Waals surface area contributed by atoms with Crippen molar-refractivity contribution < 1.29 is 23.1 Å². The van der Waals surface area contributed by atoms with E-state index in [1.165, 1.54) is 18.2 Å². The third-order valence-electron chi connectivity index (χ3n) is 2.71. The summed E-state index contributed by atoms with van der Waals surface area (Å²) >= 11 is 11.6. The van der Waals surface area contributed by atoms with E-state index in [0.29, 0.717) is 0 Å². The van der Waals surface area contributed by atoms with Crippen LogP contribution in [-0.2, 0) is 9.53 Å².